The van der Waals surface area contributed by atoms with Crippen LogP contribution in [0.2, 0.25) is 0 Å². The first-order chi connectivity index (χ1) is 18.2. The summed E-state index contributed by atoms with van der Waals surface area (Å²) in [5, 5.41) is 0. The molecule has 4 aromatic rings. The van der Waals surface area contributed by atoms with Gasteiger partial charge in [0.2, 0.25) is 0 Å². The molecule has 0 nitrogen and oxygen atoms in total. The summed E-state index contributed by atoms with van der Waals surface area (Å²) in [4.78, 5) is 0. The van der Waals surface area contributed by atoms with Crippen molar-refractivity contribution in [1.29, 1.82) is 0 Å². The second-order valence-corrected chi connectivity index (χ2v) is 16.3. The molecule has 4 saturated carbocycles. The van der Waals surface area contributed by atoms with E-state index in [0.29, 0.717) is 0 Å². The molecular weight excluding hydrogens is 801 g/mol. The minimum atomic E-state index is 0.163. The Kier molecular flexibility index (Phi) is 6.36. The monoisotopic (exact) mass is 832 g/mol. The molecule has 38 heavy (non-hydrogen) atoms. The third kappa shape index (κ3) is 4.15. The SMILES string of the molecule is Cc1ccc(C23CC4(c5ccc(I)cc5)CC(c5ccc(I)cc5)(C2)CC(c2ccc(I)cc2)(C3)C4)cc1. The normalized spacial score (nSPS) is 31.5. The van der Waals surface area contributed by atoms with Crippen molar-refractivity contribution in [1.82, 2.24) is 0 Å². The van der Waals surface area contributed by atoms with Gasteiger partial charge in [-0.25, -0.2) is 0 Å². The fraction of sp³-hybridized carbons (Fsp3) is 0.314. The standard InChI is InChI=1S/C35H31I3/c1-24-2-4-25(5-3-24)32-18-33(26-6-12-29(36)13-7-26)21-34(19-32,27-8-14-30(37)15-9-27)23-35(20-32,22-33)28-10-16-31(38)17-11-28/h2-17H,18-23H2,1H3. The fourth-order valence-corrected chi connectivity index (χ4v) is 10.3. The zero-order valence-corrected chi connectivity index (χ0v) is 28.1. The van der Waals surface area contributed by atoms with Crippen LogP contribution in [-0.2, 0) is 21.7 Å². The molecule has 0 heterocycles. The van der Waals surface area contributed by atoms with Crippen molar-refractivity contribution in [3.05, 3.63) is 136 Å². The van der Waals surface area contributed by atoms with Crippen molar-refractivity contribution in [3.63, 3.8) is 0 Å². The molecule has 4 aromatic carbocycles. The van der Waals surface area contributed by atoms with Crippen LogP contribution in [0.4, 0.5) is 0 Å². The van der Waals surface area contributed by atoms with E-state index < -0.39 is 0 Å². The van der Waals surface area contributed by atoms with Crippen molar-refractivity contribution in [2.75, 3.05) is 0 Å². The summed E-state index contributed by atoms with van der Waals surface area (Å²) >= 11 is 7.38. The van der Waals surface area contributed by atoms with Gasteiger partial charge in [-0.2, -0.15) is 0 Å². The molecule has 0 aliphatic heterocycles. The molecule has 3 heteroatoms. The molecule has 0 saturated heterocycles. The summed E-state index contributed by atoms with van der Waals surface area (Å²) in [7, 11) is 0. The third-order valence-corrected chi connectivity index (χ3v) is 12.3. The third-order valence-electron chi connectivity index (χ3n) is 10.1. The van der Waals surface area contributed by atoms with Crippen LogP contribution in [-0.4, -0.2) is 0 Å². The molecule has 0 N–H and O–H groups in total. The van der Waals surface area contributed by atoms with Crippen molar-refractivity contribution in [2.24, 2.45) is 0 Å². The van der Waals surface area contributed by atoms with Gasteiger partial charge in [-0.05, 0) is 194 Å². The molecule has 0 radical (unpaired) electrons. The molecule has 0 atom stereocenters. The Hall–Kier alpha value is -0.930. The zero-order chi connectivity index (χ0) is 26.2. The van der Waals surface area contributed by atoms with Crippen LogP contribution in [0.1, 0.15) is 66.3 Å². The minimum absolute atomic E-state index is 0.163. The first-order valence-electron chi connectivity index (χ1n) is 13.6. The zero-order valence-electron chi connectivity index (χ0n) is 21.6. The van der Waals surface area contributed by atoms with Crippen LogP contribution in [0.5, 0.6) is 0 Å². The van der Waals surface area contributed by atoms with Gasteiger partial charge in [0.25, 0.3) is 0 Å². The van der Waals surface area contributed by atoms with Crippen molar-refractivity contribution in [2.45, 2.75) is 67.1 Å². The maximum Gasteiger partial charge on any atom is 0.0130 e. The van der Waals surface area contributed by atoms with E-state index in [4.69, 9.17) is 0 Å². The largest absolute Gasteiger partial charge is 0.0590 e. The Morgan fingerprint density at radius 1 is 0.368 bits per heavy atom. The molecule has 0 unspecified atom stereocenters. The molecule has 0 aromatic heterocycles. The summed E-state index contributed by atoms with van der Waals surface area (Å²) in [5.74, 6) is 0. The topological polar surface area (TPSA) is 0 Å². The molecular formula is C35H31I3. The van der Waals surface area contributed by atoms with Crippen molar-refractivity contribution < 1.29 is 0 Å². The highest BCUT2D eigenvalue weighted by molar-refractivity contribution is 14.1. The van der Waals surface area contributed by atoms with E-state index in [1.165, 1.54) is 54.8 Å². The van der Waals surface area contributed by atoms with Crippen LogP contribution in [0, 0.1) is 17.6 Å². The van der Waals surface area contributed by atoms with Gasteiger partial charge in [-0.3, -0.25) is 0 Å². The maximum atomic E-state index is 2.47. The highest BCUT2D eigenvalue weighted by Gasteiger charge is 2.69. The van der Waals surface area contributed by atoms with Crippen molar-refractivity contribution >= 4 is 67.8 Å². The van der Waals surface area contributed by atoms with E-state index >= 15 is 0 Å². The summed E-state index contributed by atoms with van der Waals surface area (Å²) in [6.07, 6.45) is 7.51. The number of aryl methyl sites for hydroxylation is 1. The number of benzene rings is 4. The van der Waals surface area contributed by atoms with E-state index in [1.807, 2.05) is 0 Å². The average molecular weight is 832 g/mol. The smallest absolute Gasteiger partial charge is 0.0130 e. The molecule has 4 aliphatic carbocycles. The molecule has 4 aliphatic rings. The van der Waals surface area contributed by atoms with Gasteiger partial charge in [0.05, 0.1) is 0 Å². The van der Waals surface area contributed by atoms with Gasteiger partial charge < -0.3 is 0 Å². The Labute approximate surface area is 267 Å². The molecule has 8 rings (SSSR count). The summed E-state index contributed by atoms with van der Waals surface area (Å²) in [6, 6.07) is 38.4. The number of halogens is 3. The van der Waals surface area contributed by atoms with Gasteiger partial charge in [0.15, 0.2) is 0 Å². The Balaban J connectivity index is 1.51. The van der Waals surface area contributed by atoms with Gasteiger partial charge in [0.1, 0.15) is 0 Å². The molecule has 192 valence electrons. The molecule has 4 bridgehead atoms. The van der Waals surface area contributed by atoms with Crippen LogP contribution in [0.15, 0.2) is 97.1 Å². The van der Waals surface area contributed by atoms with Gasteiger partial charge in [-0.15, -0.1) is 0 Å². The lowest BCUT2D eigenvalue weighted by molar-refractivity contribution is -0.0691. The van der Waals surface area contributed by atoms with E-state index in [-0.39, 0.29) is 21.7 Å². The molecule has 0 amide bonds. The Bertz CT molecular complexity index is 1210. The van der Waals surface area contributed by atoms with Gasteiger partial charge in [-0.1, -0.05) is 66.2 Å². The fourth-order valence-electron chi connectivity index (χ4n) is 9.18. The lowest BCUT2D eigenvalue weighted by Gasteiger charge is -2.71. The van der Waals surface area contributed by atoms with Crippen LogP contribution >= 0.6 is 67.8 Å². The Morgan fingerprint density at radius 2 is 0.579 bits per heavy atom. The van der Waals surface area contributed by atoms with E-state index in [0.717, 1.165) is 0 Å². The van der Waals surface area contributed by atoms with E-state index in [1.54, 1.807) is 22.3 Å². The lowest BCUT2D eigenvalue weighted by Crippen LogP contribution is -2.67. The summed E-state index contributed by atoms with van der Waals surface area (Å²) in [6.45, 7) is 2.22. The van der Waals surface area contributed by atoms with E-state index in [9.17, 15) is 0 Å². The number of hydrogen-bond acceptors (Lipinski definition) is 0. The minimum Gasteiger partial charge on any atom is -0.0590 e. The quantitative estimate of drug-likeness (QED) is 0.180. The first-order valence-corrected chi connectivity index (χ1v) is 16.8. The number of hydrogen-bond donors (Lipinski definition) is 0. The summed E-state index contributed by atoms with van der Waals surface area (Å²) in [5.41, 5.74) is 8.22. The van der Waals surface area contributed by atoms with Crippen LogP contribution < -0.4 is 0 Å². The predicted octanol–water partition coefficient (Wildman–Crippen LogP) is 10.2. The second kappa shape index (κ2) is 9.30. The number of rotatable bonds is 4. The second-order valence-electron chi connectivity index (χ2n) is 12.6. The van der Waals surface area contributed by atoms with Gasteiger partial charge >= 0.3 is 0 Å². The lowest BCUT2D eigenvalue weighted by atomic mass is 9.32. The summed E-state index contributed by atoms with van der Waals surface area (Å²) < 4.78 is 3.97. The first kappa shape index (κ1) is 26.0. The maximum absolute atomic E-state index is 2.47. The average Bonchev–Trinajstić information content (AvgIpc) is 2.89. The van der Waals surface area contributed by atoms with Gasteiger partial charge in [0, 0.05) is 10.7 Å². The van der Waals surface area contributed by atoms with Crippen LogP contribution in [0.25, 0.3) is 0 Å². The predicted molar refractivity (Wildman–Crippen MR) is 183 cm³/mol. The molecule has 4 fully saturated rings. The highest BCUT2D eigenvalue weighted by atomic mass is 127. The van der Waals surface area contributed by atoms with E-state index in [2.05, 4.69) is 172 Å². The Morgan fingerprint density at radius 3 is 0.816 bits per heavy atom. The highest BCUT2D eigenvalue weighted by Crippen LogP contribution is 2.74. The van der Waals surface area contributed by atoms with Crippen molar-refractivity contribution in [3.8, 4) is 0 Å². The van der Waals surface area contributed by atoms with Crippen LogP contribution in [0.3, 0.4) is 0 Å². The molecule has 0 spiro atoms.